The minimum atomic E-state index is -0.204. The van der Waals surface area contributed by atoms with Gasteiger partial charge in [0.2, 0.25) is 13.6 Å². The molecule has 7 nitrogen and oxygen atoms in total. The van der Waals surface area contributed by atoms with E-state index in [0.717, 1.165) is 52.5 Å². The highest BCUT2D eigenvalue weighted by Gasteiger charge is 2.34. The van der Waals surface area contributed by atoms with Crippen molar-refractivity contribution in [1.82, 2.24) is 10.6 Å². The molecule has 0 radical (unpaired) electrons. The van der Waals surface area contributed by atoms with Crippen LogP contribution in [-0.2, 0) is 0 Å². The number of nitrogens with one attached hydrogen (secondary N) is 2. The zero-order valence-corrected chi connectivity index (χ0v) is 15.5. The van der Waals surface area contributed by atoms with Gasteiger partial charge in [-0.1, -0.05) is 12.1 Å². The molecule has 2 aromatic carbocycles. The summed E-state index contributed by atoms with van der Waals surface area (Å²) in [6, 6.07) is 11.3. The van der Waals surface area contributed by atoms with Crippen molar-refractivity contribution in [3.8, 4) is 23.0 Å². The third kappa shape index (κ3) is 2.69. The summed E-state index contributed by atoms with van der Waals surface area (Å²) in [6.45, 7) is 0.483. The molecule has 7 heteroatoms. The Kier molecular flexibility index (Phi) is 3.50. The Labute approximate surface area is 166 Å². The van der Waals surface area contributed by atoms with Crippen molar-refractivity contribution in [2.75, 3.05) is 13.6 Å². The van der Waals surface area contributed by atoms with Crippen LogP contribution >= 0.6 is 0 Å². The van der Waals surface area contributed by atoms with Crippen LogP contribution < -0.4 is 29.6 Å². The predicted molar refractivity (Wildman–Crippen MR) is 104 cm³/mol. The fourth-order valence-electron chi connectivity index (χ4n) is 4.27. The van der Waals surface area contributed by atoms with Gasteiger partial charge >= 0.3 is 6.03 Å². The number of hydrogen-bond donors (Lipinski definition) is 2. The van der Waals surface area contributed by atoms with Gasteiger partial charge in [-0.15, -0.1) is 0 Å². The van der Waals surface area contributed by atoms with Crippen LogP contribution in [0.2, 0.25) is 0 Å². The van der Waals surface area contributed by atoms with Crippen LogP contribution in [0, 0.1) is 0 Å². The predicted octanol–water partition coefficient (Wildman–Crippen LogP) is 3.63. The molecule has 0 aromatic heterocycles. The molecule has 3 heterocycles. The number of carbonyl (C=O) groups is 1. The van der Waals surface area contributed by atoms with E-state index < -0.39 is 0 Å². The Bertz CT molecular complexity index is 1100. The van der Waals surface area contributed by atoms with Crippen LogP contribution in [0.15, 0.2) is 53.2 Å². The van der Waals surface area contributed by atoms with Crippen LogP contribution in [0.4, 0.5) is 4.79 Å². The SMILES string of the molecule is O=C1NC2=C(CC/C2=C/c2ccc3c(c2)OCO3)C(c2ccc3c(c2)OCO3)N1. The molecule has 0 spiro atoms. The molecule has 4 aliphatic rings. The second-order valence-electron chi connectivity index (χ2n) is 7.33. The first-order valence-electron chi connectivity index (χ1n) is 9.55. The molecule has 0 fully saturated rings. The third-order valence-electron chi connectivity index (χ3n) is 5.64. The van der Waals surface area contributed by atoms with Crippen molar-refractivity contribution in [1.29, 1.82) is 0 Å². The fourth-order valence-corrected chi connectivity index (χ4v) is 4.27. The van der Waals surface area contributed by atoms with Crippen molar-refractivity contribution in [3.63, 3.8) is 0 Å². The van der Waals surface area contributed by atoms with Gasteiger partial charge in [-0.2, -0.15) is 0 Å². The molecule has 0 bridgehead atoms. The highest BCUT2D eigenvalue weighted by atomic mass is 16.7. The van der Waals surface area contributed by atoms with Crippen LogP contribution in [0.3, 0.4) is 0 Å². The highest BCUT2D eigenvalue weighted by molar-refractivity contribution is 5.82. The summed E-state index contributed by atoms with van der Waals surface area (Å²) in [5, 5.41) is 6.05. The maximum Gasteiger partial charge on any atom is 0.319 e. The summed E-state index contributed by atoms with van der Waals surface area (Å²) in [6.07, 6.45) is 3.84. The van der Waals surface area contributed by atoms with Crippen LogP contribution in [0.5, 0.6) is 23.0 Å². The summed E-state index contributed by atoms with van der Waals surface area (Å²) >= 11 is 0. The molecule has 1 atom stereocenters. The van der Waals surface area contributed by atoms with E-state index in [4.69, 9.17) is 18.9 Å². The van der Waals surface area contributed by atoms with Crippen molar-refractivity contribution in [2.45, 2.75) is 18.9 Å². The first kappa shape index (κ1) is 16.4. The van der Waals surface area contributed by atoms with Gasteiger partial charge in [-0.05, 0) is 65.5 Å². The first-order valence-corrected chi connectivity index (χ1v) is 9.55. The van der Waals surface area contributed by atoms with Gasteiger partial charge in [0.25, 0.3) is 0 Å². The summed E-state index contributed by atoms with van der Waals surface area (Å²) < 4.78 is 21.8. The van der Waals surface area contributed by atoms with Gasteiger partial charge in [0.1, 0.15) is 0 Å². The minimum absolute atomic E-state index is 0.184. The van der Waals surface area contributed by atoms with Gasteiger partial charge < -0.3 is 29.6 Å². The summed E-state index contributed by atoms with van der Waals surface area (Å²) in [5.41, 5.74) is 5.20. The second kappa shape index (κ2) is 6.20. The Morgan fingerprint density at radius 3 is 2.41 bits per heavy atom. The van der Waals surface area contributed by atoms with Crippen molar-refractivity contribution < 1.29 is 23.7 Å². The van der Waals surface area contributed by atoms with Gasteiger partial charge in [-0.3, -0.25) is 0 Å². The lowest BCUT2D eigenvalue weighted by atomic mass is 9.95. The molecular weight excluding hydrogens is 372 g/mol. The van der Waals surface area contributed by atoms with Crippen molar-refractivity contribution >= 4 is 12.1 Å². The van der Waals surface area contributed by atoms with E-state index in [-0.39, 0.29) is 25.7 Å². The fraction of sp³-hybridized carbons (Fsp3) is 0.227. The smallest absolute Gasteiger partial charge is 0.319 e. The normalized spacial score (nSPS) is 22.6. The zero-order valence-electron chi connectivity index (χ0n) is 15.5. The molecule has 29 heavy (non-hydrogen) atoms. The minimum Gasteiger partial charge on any atom is -0.454 e. The lowest BCUT2D eigenvalue weighted by molar-refractivity contribution is 0.173. The molecular formula is C22H18N2O5. The van der Waals surface area contributed by atoms with Crippen molar-refractivity contribution in [2.24, 2.45) is 0 Å². The molecule has 3 aliphatic heterocycles. The number of carbonyl (C=O) groups excluding carboxylic acids is 1. The van der Waals surface area contributed by atoms with Gasteiger partial charge in [0.05, 0.1) is 6.04 Å². The summed E-state index contributed by atoms with van der Waals surface area (Å²) in [7, 11) is 0. The molecule has 2 amide bonds. The number of benzene rings is 2. The topological polar surface area (TPSA) is 78.1 Å². The Morgan fingerprint density at radius 2 is 1.59 bits per heavy atom. The third-order valence-corrected chi connectivity index (χ3v) is 5.64. The van der Waals surface area contributed by atoms with Gasteiger partial charge in [0.15, 0.2) is 23.0 Å². The molecule has 0 saturated carbocycles. The second-order valence-corrected chi connectivity index (χ2v) is 7.33. The van der Waals surface area contributed by atoms with E-state index in [1.54, 1.807) is 0 Å². The molecule has 1 unspecified atom stereocenters. The average molecular weight is 390 g/mol. The lowest BCUT2D eigenvalue weighted by Crippen LogP contribution is -2.43. The van der Waals surface area contributed by atoms with E-state index in [2.05, 4.69) is 16.7 Å². The van der Waals surface area contributed by atoms with E-state index >= 15 is 0 Å². The Balaban J connectivity index is 1.37. The first-order chi connectivity index (χ1) is 14.2. The zero-order chi connectivity index (χ0) is 19.4. The number of allylic oxidation sites excluding steroid dienone is 1. The highest BCUT2D eigenvalue weighted by Crippen LogP contribution is 2.43. The Hall–Kier alpha value is -3.61. The number of fused-ring (bicyclic) bond motifs is 2. The number of hydrogen-bond acceptors (Lipinski definition) is 5. The summed E-state index contributed by atoms with van der Waals surface area (Å²) in [4.78, 5) is 12.4. The number of ether oxygens (including phenoxy) is 4. The maximum absolute atomic E-state index is 12.4. The van der Waals surface area contributed by atoms with Crippen LogP contribution in [-0.4, -0.2) is 19.6 Å². The Morgan fingerprint density at radius 1 is 0.862 bits per heavy atom. The average Bonchev–Trinajstić information content (AvgIpc) is 3.46. The van der Waals surface area contributed by atoms with E-state index in [1.165, 1.54) is 5.57 Å². The molecule has 1 aliphatic carbocycles. The lowest BCUT2D eigenvalue weighted by Gasteiger charge is -2.27. The maximum atomic E-state index is 12.4. The van der Waals surface area contributed by atoms with E-state index in [9.17, 15) is 4.79 Å². The van der Waals surface area contributed by atoms with Crippen LogP contribution in [0.25, 0.3) is 6.08 Å². The molecule has 2 aromatic rings. The van der Waals surface area contributed by atoms with Crippen molar-refractivity contribution in [3.05, 3.63) is 64.4 Å². The largest absolute Gasteiger partial charge is 0.454 e. The number of rotatable bonds is 2. The van der Waals surface area contributed by atoms with Crippen LogP contribution in [0.1, 0.15) is 30.0 Å². The summed E-state index contributed by atoms with van der Waals surface area (Å²) in [5.74, 6) is 2.96. The number of amides is 2. The molecule has 6 rings (SSSR count). The number of urea groups is 1. The molecule has 146 valence electrons. The van der Waals surface area contributed by atoms with E-state index in [1.807, 2.05) is 36.4 Å². The molecule has 2 N–H and O–H groups in total. The van der Waals surface area contributed by atoms with Gasteiger partial charge in [-0.25, -0.2) is 4.79 Å². The standard InChI is InChI=1S/C22H18N2O5/c25-22-23-20-13(7-12-1-5-16-18(8-12)28-10-26-16)2-4-15(20)21(24-22)14-3-6-17-19(9-14)29-11-27-17/h1,3,5-9,21H,2,4,10-11H2,(H2,23,24,25)/b13-7-. The molecule has 0 saturated heterocycles. The van der Waals surface area contributed by atoms with E-state index in [0.29, 0.717) is 5.75 Å². The van der Waals surface area contributed by atoms with Gasteiger partial charge in [0, 0.05) is 5.70 Å². The quantitative estimate of drug-likeness (QED) is 0.819. The monoisotopic (exact) mass is 390 g/mol.